The van der Waals surface area contributed by atoms with Gasteiger partial charge in [0.25, 0.3) is 0 Å². The quantitative estimate of drug-likeness (QED) is 0.499. The van der Waals surface area contributed by atoms with E-state index in [0.717, 1.165) is 29.6 Å². The average molecular weight is 242 g/mol. The van der Waals surface area contributed by atoms with Crippen LogP contribution < -0.4 is 0 Å². The van der Waals surface area contributed by atoms with Gasteiger partial charge in [0, 0.05) is 0 Å². The van der Waals surface area contributed by atoms with E-state index in [2.05, 4.69) is 48.5 Å². The van der Waals surface area contributed by atoms with E-state index in [-0.39, 0.29) is 0 Å². The summed E-state index contributed by atoms with van der Waals surface area (Å²) in [5.74, 6) is 4.67. The monoisotopic (exact) mass is 242 g/mol. The molecule has 0 N–H and O–H groups in total. The largest absolute Gasteiger partial charge is 0.0683 e. The Hall–Kier alpha value is 0. The maximum atomic E-state index is 2.38. The molecule has 1 aliphatic rings. The smallest absolute Gasteiger partial charge is 0.0438 e. The molecule has 0 aromatic rings. The Balaban J connectivity index is 0. The molecule has 0 radical (unpaired) electrons. The first kappa shape index (κ1) is 19.3. The summed E-state index contributed by atoms with van der Waals surface area (Å²) in [4.78, 5) is 0. The minimum absolute atomic E-state index is 0.852. The standard InChI is InChI=1S/C9H18.C6H14.C2H6/c1-7-4-8(2)6-9(3)5-7;1-5(2)6(3)4;1-2/h7-9H,4-6H2,1-3H3;5-6H,1-4H3;1-2H3. The lowest BCUT2D eigenvalue weighted by Gasteiger charge is -2.28. The van der Waals surface area contributed by atoms with Crippen molar-refractivity contribution in [3.05, 3.63) is 0 Å². The third kappa shape index (κ3) is 12.2. The van der Waals surface area contributed by atoms with Gasteiger partial charge < -0.3 is 0 Å². The minimum Gasteiger partial charge on any atom is -0.0683 e. The van der Waals surface area contributed by atoms with E-state index in [1.165, 1.54) is 19.3 Å². The minimum atomic E-state index is 0.852. The van der Waals surface area contributed by atoms with Crippen LogP contribution in [0.5, 0.6) is 0 Å². The van der Waals surface area contributed by atoms with Crippen molar-refractivity contribution in [1.82, 2.24) is 0 Å². The molecule has 0 heteroatoms. The van der Waals surface area contributed by atoms with Crippen LogP contribution in [-0.4, -0.2) is 0 Å². The van der Waals surface area contributed by atoms with Crippen molar-refractivity contribution in [3.8, 4) is 0 Å². The molecule has 0 aromatic carbocycles. The highest BCUT2D eigenvalue weighted by Crippen LogP contribution is 2.31. The van der Waals surface area contributed by atoms with Crippen LogP contribution in [0, 0.1) is 29.6 Å². The molecule has 1 rings (SSSR count). The van der Waals surface area contributed by atoms with Gasteiger partial charge >= 0.3 is 0 Å². The molecule has 0 amide bonds. The number of hydrogen-bond acceptors (Lipinski definition) is 0. The highest BCUT2D eigenvalue weighted by molar-refractivity contribution is 4.71. The first-order valence-electron chi connectivity index (χ1n) is 7.82. The zero-order chi connectivity index (χ0) is 14.0. The Morgan fingerprint density at radius 2 is 0.765 bits per heavy atom. The van der Waals surface area contributed by atoms with Crippen LogP contribution in [0.2, 0.25) is 0 Å². The highest BCUT2D eigenvalue weighted by Gasteiger charge is 2.19. The first-order chi connectivity index (χ1) is 7.82. The van der Waals surface area contributed by atoms with Gasteiger partial charge in [-0.2, -0.15) is 0 Å². The van der Waals surface area contributed by atoms with Gasteiger partial charge in [-0.3, -0.25) is 0 Å². The van der Waals surface area contributed by atoms with E-state index < -0.39 is 0 Å². The van der Waals surface area contributed by atoms with Crippen molar-refractivity contribution < 1.29 is 0 Å². The fraction of sp³-hybridized carbons (Fsp3) is 1.00. The number of hydrogen-bond donors (Lipinski definition) is 0. The van der Waals surface area contributed by atoms with Gasteiger partial charge in [-0.05, 0) is 48.9 Å². The van der Waals surface area contributed by atoms with E-state index >= 15 is 0 Å². The Bertz CT molecular complexity index is 115. The summed E-state index contributed by atoms with van der Waals surface area (Å²) in [6, 6.07) is 0. The molecular weight excluding hydrogens is 204 g/mol. The summed E-state index contributed by atoms with van der Waals surface area (Å²) in [6.07, 6.45) is 4.39. The lowest BCUT2D eigenvalue weighted by Crippen LogP contribution is -2.16. The van der Waals surface area contributed by atoms with Gasteiger partial charge in [0.2, 0.25) is 0 Å². The first-order valence-corrected chi connectivity index (χ1v) is 7.82. The van der Waals surface area contributed by atoms with Crippen LogP contribution in [0.1, 0.15) is 81.6 Å². The van der Waals surface area contributed by atoms with Crippen molar-refractivity contribution in [2.75, 3.05) is 0 Å². The molecule has 1 saturated carbocycles. The molecule has 0 nitrogen and oxygen atoms in total. The average Bonchev–Trinajstić information content (AvgIpc) is 2.19. The van der Waals surface area contributed by atoms with Crippen molar-refractivity contribution in [2.24, 2.45) is 29.6 Å². The van der Waals surface area contributed by atoms with Crippen molar-refractivity contribution in [1.29, 1.82) is 0 Å². The number of rotatable bonds is 1. The predicted octanol–water partition coefficient (Wildman–Crippen LogP) is 6.40. The van der Waals surface area contributed by atoms with E-state index in [4.69, 9.17) is 0 Å². The molecule has 1 aliphatic carbocycles. The van der Waals surface area contributed by atoms with Gasteiger partial charge in [-0.25, -0.2) is 0 Å². The topological polar surface area (TPSA) is 0 Å². The van der Waals surface area contributed by atoms with Gasteiger partial charge in [-0.1, -0.05) is 62.3 Å². The molecule has 0 atom stereocenters. The highest BCUT2D eigenvalue weighted by atomic mass is 14.3. The van der Waals surface area contributed by atoms with Crippen molar-refractivity contribution in [3.63, 3.8) is 0 Å². The van der Waals surface area contributed by atoms with Crippen LogP contribution in [0.4, 0.5) is 0 Å². The summed E-state index contributed by atoms with van der Waals surface area (Å²) in [7, 11) is 0. The van der Waals surface area contributed by atoms with E-state index in [0.29, 0.717) is 0 Å². The molecule has 17 heavy (non-hydrogen) atoms. The van der Waals surface area contributed by atoms with E-state index in [1.807, 2.05) is 13.8 Å². The Morgan fingerprint density at radius 1 is 0.588 bits per heavy atom. The van der Waals surface area contributed by atoms with E-state index in [9.17, 15) is 0 Å². The molecule has 0 aliphatic heterocycles. The van der Waals surface area contributed by atoms with Gasteiger partial charge in [0.05, 0.1) is 0 Å². The molecule has 0 heterocycles. The molecule has 1 fully saturated rings. The Kier molecular flexibility index (Phi) is 12.6. The summed E-state index contributed by atoms with van der Waals surface area (Å²) in [5, 5.41) is 0. The van der Waals surface area contributed by atoms with E-state index in [1.54, 1.807) is 0 Å². The van der Waals surface area contributed by atoms with Crippen LogP contribution in [0.15, 0.2) is 0 Å². The zero-order valence-electron chi connectivity index (χ0n) is 14.0. The fourth-order valence-electron chi connectivity index (χ4n) is 2.35. The van der Waals surface area contributed by atoms with Gasteiger partial charge in [0.1, 0.15) is 0 Å². The van der Waals surface area contributed by atoms with Crippen LogP contribution >= 0.6 is 0 Å². The Labute approximate surface area is 112 Å². The molecule has 0 spiro atoms. The van der Waals surface area contributed by atoms with Crippen LogP contribution in [0.25, 0.3) is 0 Å². The maximum Gasteiger partial charge on any atom is -0.0438 e. The lowest BCUT2D eigenvalue weighted by molar-refractivity contribution is 0.233. The molecule has 0 saturated heterocycles. The van der Waals surface area contributed by atoms with Gasteiger partial charge in [0.15, 0.2) is 0 Å². The van der Waals surface area contributed by atoms with Crippen LogP contribution in [-0.2, 0) is 0 Å². The van der Waals surface area contributed by atoms with Crippen molar-refractivity contribution in [2.45, 2.75) is 81.6 Å². The third-order valence-corrected chi connectivity index (χ3v) is 3.75. The maximum absolute atomic E-state index is 2.38. The molecule has 0 aromatic heterocycles. The Morgan fingerprint density at radius 3 is 0.882 bits per heavy atom. The predicted molar refractivity (Wildman–Crippen MR) is 82.4 cm³/mol. The van der Waals surface area contributed by atoms with Gasteiger partial charge in [-0.15, -0.1) is 0 Å². The summed E-state index contributed by atoms with van der Waals surface area (Å²) in [5.41, 5.74) is 0. The van der Waals surface area contributed by atoms with Crippen molar-refractivity contribution >= 4 is 0 Å². The normalized spacial score (nSPS) is 28.1. The summed E-state index contributed by atoms with van der Waals surface area (Å²) in [6.45, 7) is 20.1. The third-order valence-electron chi connectivity index (χ3n) is 3.75. The molecule has 0 bridgehead atoms. The lowest BCUT2D eigenvalue weighted by atomic mass is 9.78. The fourth-order valence-corrected chi connectivity index (χ4v) is 2.35. The molecule has 0 unspecified atom stereocenters. The van der Waals surface area contributed by atoms with Crippen LogP contribution in [0.3, 0.4) is 0 Å². The second-order valence-electron chi connectivity index (χ2n) is 6.51. The summed E-state index contributed by atoms with van der Waals surface area (Å²) < 4.78 is 0. The second-order valence-corrected chi connectivity index (χ2v) is 6.51. The SMILES string of the molecule is CC.CC(C)C(C)C.CC1CC(C)CC(C)C1. The second kappa shape index (κ2) is 11.1. The molecule has 106 valence electrons. The zero-order valence-corrected chi connectivity index (χ0v) is 14.0. The summed E-state index contributed by atoms with van der Waals surface area (Å²) >= 11 is 0. The molecular formula is C17H38.